The van der Waals surface area contributed by atoms with Gasteiger partial charge in [0.05, 0.1) is 5.52 Å². The second kappa shape index (κ2) is 4.77. The Kier molecular flexibility index (Phi) is 2.78. The zero-order chi connectivity index (χ0) is 14.2. The standard InChI is InChI=1S/C18H17N3/c19-16-4-6-18-15(11-16)7-9-21(18)12-13-3-5-17-14(10-13)2-1-8-20-17/h1-6,8,10-11H,7,9,12,19H2. The normalized spacial score (nSPS) is 13.6. The van der Waals surface area contributed by atoms with E-state index in [4.69, 9.17) is 5.73 Å². The van der Waals surface area contributed by atoms with Crippen molar-refractivity contribution in [2.75, 3.05) is 17.2 Å². The average molecular weight is 275 g/mol. The van der Waals surface area contributed by atoms with E-state index in [0.717, 1.165) is 30.7 Å². The average Bonchev–Trinajstić information content (AvgIpc) is 2.89. The molecule has 104 valence electrons. The van der Waals surface area contributed by atoms with Gasteiger partial charge in [0.2, 0.25) is 0 Å². The van der Waals surface area contributed by atoms with E-state index in [1.54, 1.807) is 0 Å². The smallest absolute Gasteiger partial charge is 0.0702 e. The summed E-state index contributed by atoms with van der Waals surface area (Å²) in [4.78, 5) is 6.80. The van der Waals surface area contributed by atoms with Crippen molar-refractivity contribution >= 4 is 22.3 Å². The van der Waals surface area contributed by atoms with Crippen molar-refractivity contribution < 1.29 is 0 Å². The maximum atomic E-state index is 5.87. The molecule has 0 saturated carbocycles. The summed E-state index contributed by atoms with van der Waals surface area (Å²) in [5.41, 5.74) is 11.8. The van der Waals surface area contributed by atoms with Crippen molar-refractivity contribution in [2.45, 2.75) is 13.0 Å². The number of nitrogens with two attached hydrogens (primary N) is 1. The lowest BCUT2D eigenvalue weighted by Crippen LogP contribution is -2.19. The zero-order valence-electron chi connectivity index (χ0n) is 11.8. The van der Waals surface area contributed by atoms with Gasteiger partial charge in [-0.25, -0.2) is 0 Å². The van der Waals surface area contributed by atoms with E-state index in [1.807, 2.05) is 18.3 Å². The minimum atomic E-state index is 0.854. The van der Waals surface area contributed by atoms with Crippen LogP contribution in [0.5, 0.6) is 0 Å². The lowest BCUT2D eigenvalue weighted by molar-refractivity contribution is 0.837. The molecule has 3 aromatic rings. The molecule has 0 radical (unpaired) electrons. The van der Waals surface area contributed by atoms with Gasteiger partial charge in [-0.2, -0.15) is 0 Å². The third-order valence-electron chi connectivity index (χ3n) is 4.14. The van der Waals surface area contributed by atoms with E-state index in [1.165, 1.54) is 22.2 Å². The zero-order valence-corrected chi connectivity index (χ0v) is 11.8. The Morgan fingerprint density at radius 1 is 1.10 bits per heavy atom. The van der Waals surface area contributed by atoms with Gasteiger partial charge in [-0.15, -0.1) is 0 Å². The van der Waals surface area contributed by atoms with Gasteiger partial charge in [0.25, 0.3) is 0 Å². The molecular formula is C18H17N3. The molecule has 3 nitrogen and oxygen atoms in total. The van der Waals surface area contributed by atoms with Crippen molar-refractivity contribution in [2.24, 2.45) is 0 Å². The van der Waals surface area contributed by atoms with Gasteiger partial charge in [-0.05, 0) is 53.9 Å². The van der Waals surface area contributed by atoms with E-state index in [0.29, 0.717) is 0 Å². The molecule has 0 spiro atoms. The third-order valence-corrected chi connectivity index (χ3v) is 4.14. The van der Waals surface area contributed by atoms with E-state index in [2.05, 4.69) is 46.3 Å². The molecule has 2 aromatic carbocycles. The van der Waals surface area contributed by atoms with Gasteiger partial charge in [0.15, 0.2) is 0 Å². The predicted octanol–water partition coefficient (Wildman–Crippen LogP) is 3.38. The van der Waals surface area contributed by atoms with Gasteiger partial charge < -0.3 is 10.6 Å². The Hall–Kier alpha value is -2.55. The van der Waals surface area contributed by atoms with Gasteiger partial charge in [-0.1, -0.05) is 12.1 Å². The second-order valence-corrected chi connectivity index (χ2v) is 5.59. The van der Waals surface area contributed by atoms with Gasteiger partial charge in [0, 0.05) is 36.0 Å². The van der Waals surface area contributed by atoms with Crippen molar-refractivity contribution in [3.05, 3.63) is 65.9 Å². The second-order valence-electron chi connectivity index (χ2n) is 5.59. The molecule has 1 aliphatic heterocycles. The largest absolute Gasteiger partial charge is 0.399 e. The molecule has 21 heavy (non-hydrogen) atoms. The molecule has 2 heterocycles. The highest BCUT2D eigenvalue weighted by Gasteiger charge is 2.19. The SMILES string of the molecule is Nc1ccc2c(c1)CCN2Cc1ccc2ncccc2c1. The first-order valence-electron chi connectivity index (χ1n) is 7.27. The number of hydrogen-bond acceptors (Lipinski definition) is 3. The van der Waals surface area contributed by atoms with E-state index >= 15 is 0 Å². The summed E-state index contributed by atoms with van der Waals surface area (Å²) in [5, 5.41) is 1.20. The Bertz CT molecular complexity index is 810. The monoisotopic (exact) mass is 275 g/mol. The summed E-state index contributed by atoms with van der Waals surface area (Å²) in [5.74, 6) is 0. The van der Waals surface area contributed by atoms with E-state index in [9.17, 15) is 0 Å². The molecule has 0 bridgehead atoms. The molecule has 2 N–H and O–H groups in total. The molecule has 1 aromatic heterocycles. The lowest BCUT2D eigenvalue weighted by Gasteiger charge is -2.19. The van der Waals surface area contributed by atoms with Crippen LogP contribution in [0.25, 0.3) is 10.9 Å². The summed E-state index contributed by atoms with van der Waals surface area (Å²) in [6.45, 7) is 1.99. The van der Waals surface area contributed by atoms with Crippen LogP contribution >= 0.6 is 0 Å². The summed E-state index contributed by atoms with van der Waals surface area (Å²) in [7, 11) is 0. The first-order chi connectivity index (χ1) is 10.3. The van der Waals surface area contributed by atoms with Crippen LogP contribution in [0.15, 0.2) is 54.7 Å². The van der Waals surface area contributed by atoms with Gasteiger partial charge >= 0.3 is 0 Å². The summed E-state index contributed by atoms with van der Waals surface area (Å²) in [6.07, 6.45) is 2.92. The number of aromatic nitrogens is 1. The number of rotatable bonds is 2. The minimum Gasteiger partial charge on any atom is -0.399 e. The summed E-state index contributed by atoms with van der Waals surface area (Å²) >= 11 is 0. The highest BCUT2D eigenvalue weighted by atomic mass is 15.1. The fraction of sp³-hybridized carbons (Fsp3) is 0.167. The van der Waals surface area contributed by atoms with Gasteiger partial charge in [0.1, 0.15) is 0 Å². The number of nitrogens with zero attached hydrogens (tertiary/aromatic N) is 2. The van der Waals surface area contributed by atoms with Crippen LogP contribution < -0.4 is 10.6 Å². The fourth-order valence-corrected chi connectivity index (χ4v) is 3.10. The van der Waals surface area contributed by atoms with Crippen LogP contribution in [0, 0.1) is 0 Å². The lowest BCUT2D eigenvalue weighted by atomic mass is 10.1. The molecule has 0 fully saturated rings. The van der Waals surface area contributed by atoms with Crippen LogP contribution in [0.3, 0.4) is 0 Å². The summed E-state index contributed by atoms with van der Waals surface area (Å²) < 4.78 is 0. The number of nitrogen functional groups attached to an aromatic ring is 1. The summed E-state index contributed by atoms with van der Waals surface area (Å²) in [6, 6.07) is 16.8. The molecule has 3 heteroatoms. The number of hydrogen-bond donors (Lipinski definition) is 1. The molecular weight excluding hydrogens is 258 g/mol. The Morgan fingerprint density at radius 2 is 2.05 bits per heavy atom. The topological polar surface area (TPSA) is 42.1 Å². The molecule has 0 atom stereocenters. The van der Waals surface area contributed by atoms with Crippen LogP contribution in [0.2, 0.25) is 0 Å². The predicted molar refractivity (Wildman–Crippen MR) is 87.4 cm³/mol. The van der Waals surface area contributed by atoms with E-state index < -0.39 is 0 Å². The van der Waals surface area contributed by atoms with Crippen molar-refractivity contribution in [1.29, 1.82) is 0 Å². The van der Waals surface area contributed by atoms with E-state index in [-0.39, 0.29) is 0 Å². The maximum absolute atomic E-state index is 5.87. The molecule has 0 unspecified atom stereocenters. The number of fused-ring (bicyclic) bond motifs is 2. The molecule has 1 aliphatic rings. The Balaban J connectivity index is 1.64. The quantitative estimate of drug-likeness (QED) is 0.729. The van der Waals surface area contributed by atoms with Gasteiger partial charge in [-0.3, -0.25) is 4.98 Å². The first kappa shape index (κ1) is 12.2. The van der Waals surface area contributed by atoms with Crippen molar-refractivity contribution in [3.8, 4) is 0 Å². The van der Waals surface area contributed by atoms with Crippen LogP contribution in [-0.4, -0.2) is 11.5 Å². The maximum Gasteiger partial charge on any atom is 0.0702 e. The Morgan fingerprint density at radius 3 is 3.00 bits per heavy atom. The van der Waals surface area contributed by atoms with Crippen molar-refractivity contribution in [1.82, 2.24) is 4.98 Å². The minimum absolute atomic E-state index is 0.854. The van der Waals surface area contributed by atoms with Crippen LogP contribution in [0.4, 0.5) is 11.4 Å². The van der Waals surface area contributed by atoms with Crippen LogP contribution in [-0.2, 0) is 13.0 Å². The molecule has 0 saturated heterocycles. The number of benzene rings is 2. The van der Waals surface area contributed by atoms with Crippen LogP contribution in [0.1, 0.15) is 11.1 Å². The molecule has 0 aliphatic carbocycles. The highest BCUT2D eigenvalue weighted by Crippen LogP contribution is 2.31. The first-order valence-corrected chi connectivity index (χ1v) is 7.27. The van der Waals surface area contributed by atoms with Crippen molar-refractivity contribution in [3.63, 3.8) is 0 Å². The number of pyridine rings is 1. The fourth-order valence-electron chi connectivity index (χ4n) is 3.10. The Labute approximate surface area is 124 Å². The molecule has 0 amide bonds. The number of anilines is 2. The third kappa shape index (κ3) is 2.21. The molecule has 4 rings (SSSR count). The highest BCUT2D eigenvalue weighted by molar-refractivity contribution is 5.79.